The first-order valence-electron chi connectivity index (χ1n) is 8.58. The Balaban J connectivity index is 1.34. The van der Waals surface area contributed by atoms with Crippen molar-refractivity contribution >= 4 is 17.4 Å². The summed E-state index contributed by atoms with van der Waals surface area (Å²) < 4.78 is 0. The van der Waals surface area contributed by atoms with Crippen molar-refractivity contribution in [3.05, 3.63) is 54.2 Å². The standard InChI is InChI=1S/C19H22N4O/c24-19(15-23-10-8-16-5-1-2-6-17(16)23)22-13-11-21(12-14-22)18-7-3-4-9-20-18/h1-7,9H,8,10-15H2. The van der Waals surface area contributed by atoms with Gasteiger partial charge in [0, 0.05) is 44.6 Å². The highest BCUT2D eigenvalue weighted by Crippen LogP contribution is 2.27. The van der Waals surface area contributed by atoms with E-state index in [1.54, 1.807) is 0 Å². The molecule has 2 aliphatic rings. The van der Waals surface area contributed by atoms with Gasteiger partial charge in [-0.3, -0.25) is 4.79 Å². The average Bonchev–Trinajstić information content (AvgIpc) is 3.06. The Morgan fingerprint density at radius 1 is 0.958 bits per heavy atom. The maximum Gasteiger partial charge on any atom is 0.242 e. The van der Waals surface area contributed by atoms with Gasteiger partial charge in [0.2, 0.25) is 5.91 Å². The third kappa shape index (κ3) is 2.94. The van der Waals surface area contributed by atoms with E-state index in [0.717, 1.165) is 45.0 Å². The van der Waals surface area contributed by atoms with Crippen LogP contribution in [0, 0.1) is 0 Å². The van der Waals surface area contributed by atoms with Gasteiger partial charge in [-0.2, -0.15) is 0 Å². The Morgan fingerprint density at radius 2 is 1.75 bits per heavy atom. The van der Waals surface area contributed by atoms with Crippen LogP contribution in [0.5, 0.6) is 0 Å². The Bertz CT molecular complexity index is 710. The van der Waals surface area contributed by atoms with Gasteiger partial charge in [-0.1, -0.05) is 24.3 Å². The van der Waals surface area contributed by atoms with Crippen LogP contribution in [0.15, 0.2) is 48.7 Å². The van der Waals surface area contributed by atoms with E-state index in [2.05, 4.69) is 33.0 Å². The van der Waals surface area contributed by atoms with Gasteiger partial charge in [0.05, 0.1) is 6.54 Å². The number of piperazine rings is 1. The van der Waals surface area contributed by atoms with Crippen molar-refractivity contribution in [2.24, 2.45) is 0 Å². The highest BCUT2D eigenvalue weighted by molar-refractivity contribution is 5.82. The molecular weight excluding hydrogens is 300 g/mol. The summed E-state index contributed by atoms with van der Waals surface area (Å²) in [5, 5.41) is 0. The second-order valence-electron chi connectivity index (χ2n) is 6.36. The van der Waals surface area contributed by atoms with Crippen LogP contribution in [0.4, 0.5) is 11.5 Å². The SMILES string of the molecule is O=C(CN1CCc2ccccc21)N1CCN(c2ccccn2)CC1. The third-order valence-corrected chi connectivity index (χ3v) is 4.92. The van der Waals surface area contributed by atoms with Crippen molar-refractivity contribution in [1.82, 2.24) is 9.88 Å². The van der Waals surface area contributed by atoms with Crippen molar-refractivity contribution in [3.8, 4) is 0 Å². The number of carbonyl (C=O) groups excluding carboxylic acids is 1. The summed E-state index contributed by atoms with van der Waals surface area (Å²) in [7, 11) is 0. The number of rotatable bonds is 3. The molecule has 3 heterocycles. The lowest BCUT2D eigenvalue weighted by molar-refractivity contribution is -0.130. The molecular formula is C19H22N4O. The van der Waals surface area contributed by atoms with Gasteiger partial charge in [-0.25, -0.2) is 4.98 Å². The molecule has 0 unspecified atom stereocenters. The number of anilines is 2. The van der Waals surface area contributed by atoms with Crippen LogP contribution in [0.2, 0.25) is 0 Å². The topological polar surface area (TPSA) is 39.7 Å². The molecule has 0 aliphatic carbocycles. The van der Waals surface area contributed by atoms with Crippen LogP contribution in [0.1, 0.15) is 5.56 Å². The minimum atomic E-state index is 0.229. The van der Waals surface area contributed by atoms with Gasteiger partial charge in [0.15, 0.2) is 0 Å². The molecule has 1 amide bonds. The van der Waals surface area contributed by atoms with E-state index < -0.39 is 0 Å². The number of benzene rings is 1. The van der Waals surface area contributed by atoms with E-state index in [-0.39, 0.29) is 5.91 Å². The molecule has 0 bridgehead atoms. The van der Waals surface area contributed by atoms with Crippen molar-refractivity contribution in [2.45, 2.75) is 6.42 Å². The fourth-order valence-electron chi connectivity index (χ4n) is 3.56. The molecule has 0 atom stereocenters. The van der Waals surface area contributed by atoms with Crippen molar-refractivity contribution in [1.29, 1.82) is 0 Å². The van der Waals surface area contributed by atoms with Gasteiger partial charge in [0.1, 0.15) is 5.82 Å². The zero-order chi connectivity index (χ0) is 16.4. The molecule has 5 nitrogen and oxygen atoms in total. The molecule has 124 valence electrons. The molecule has 1 saturated heterocycles. The largest absolute Gasteiger partial charge is 0.362 e. The highest BCUT2D eigenvalue weighted by Gasteiger charge is 2.26. The van der Waals surface area contributed by atoms with E-state index in [1.807, 2.05) is 35.4 Å². The molecule has 24 heavy (non-hydrogen) atoms. The summed E-state index contributed by atoms with van der Waals surface area (Å²) in [6, 6.07) is 14.4. The smallest absolute Gasteiger partial charge is 0.242 e. The summed E-state index contributed by atoms with van der Waals surface area (Å²) in [5.41, 5.74) is 2.57. The van der Waals surface area contributed by atoms with E-state index in [4.69, 9.17) is 0 Å². The fraction of sp³-hybridized carbons (Fsp3) is 0.368. The van der Waals surface area contributed by atoms with Crippen LogP contribution >= 0.6 is 0 Å². The Kier molecular flexibility index (Phi) is 4.07. The summed E-state index contributed by atoms with van der Waals surface area (Å²) >= 11 is 0. The quantitative estimate of drug-likeness (QED) is 0.864. The minimum absolute atomic E-state index is 0.229. The highest BCUT2D eigenvalue weighted by atomic mass is 16.2. The number of aromatic nitrogens is 1. The fourth-order valence-corrected chi connectivity index (χ4v) is 3.56. The number of para-hydroxylation sites is 1. The zero-order valence-corrected chi connectivity index (χ0v) is 13.8. The molecule has 5 heteroatoms. The lowest BCUT2D eigenvalue weighted by Gasteiger charge is -2.36. The number of carbonyl (C=O) groups is 1. The molecule has 0 saturated carbocycles. The number of fused-ring (bicyclic) bond motifs is 1. The Labute approximate surface area is 142 Å². The van der Waals surface area contributed by atoms with E-state index in [9.17, 15) is 4.79 Å². The lowest BCUT2D eigenvalue weighted by atomic mass is 10.2. The second kappa shape index (κ2) is 6.51. The monoisotopic (exact) mass is 322 g/mol. The van der Waals surface area contributed by atoms with Crippen molar-refractivity contribution in [2.75, 3.05) is 49.1 Å². The molecule has 0 N–H and O–H groups in total. The first-order valence-corrected chi connectivity index (χ1v) is 8.58. The van der Waals surface area contributed by atoms with Crippen LogP contribution in [0.3, 0.4) is 0 Å². The number of amides is 1. The van der Waals surface area contributed by atoms with E-state index >= 15 is 0 Å². The molecule has 2 aliphatic heterocycles. The second-order valence-corrected chi connectivity index (χ2v) is 6.36. The average molecular weight is 322 g/mol. The summed E-state index contributed by atoms with van der Waals surface area (Å²) in [4.78, 5) is 23.5. The van der Waals surface area contributed by atoms with E-state index in [1.165, 1.54) is 11.3 Å². The summed E-state index contributed by atoms with van der Waals surface area (Å²) in [6.45, 7) is 4.66. The van der Waals surface area contributed by atoms with Crippen molar-refractivity contribution < 1.29 is 4.79 Å². The maximum absolute atomic E-state index is 12.7. The predicted octanol–water partition coefficient (Wildman–Crippen LogP) is 1.79. The zero-order valence-electron chi connectivity index (χ0n) is 13.8. The lowest BCUT2D eigenvalue weighted by Crippen LogP contribution is -2.51. The Morgan fingerprint density at radius 3 is 2.54 bits per heavy atom. The number of nitrogens with zero attached hydrogens (tertiary/aromatic N) is 4. The number of hydrogen-bond acceptors (Lipinski definition) is 4. The minimum Gasteiger partial charge on any atom is -0.362 e. The van der Waals surface area contributed by atoms with Gasteiger partial charge in [-0.05, 0) is 30.2 Å². The predicted molar refractivity (Wildman–Crippen MR) is 95.4 cm³/mol. The summed E-state index contributed by atoms with van der Waals surface area (Å²) in [6.07, 6.45) is 2.86. The molecule has 4 rings (SSSR count). The molecule has 1 fully saturated rings. The van der Waals surface area contributed by atoms with Gasteiger partial charge in [-0.15, -0.1) is 0 Å². The molecule has 2 aromatic rings. The van der Waals surface area contributed by atoms with Gasteiger partial charge < -0.3 is 14.7 Å². The Hall–Kier alpha value is -2.56. The van der Waals surface area contributed by atoms with Crippen LogP contribution in [-0.2, 0) is 11.2 Å². The van der Waals surface area contributed by atoms with Crippen molar-refractivity contribution in [3.63, 3.8) is 0 Å². The summed E-state index contributed by atoms with van der Waals surface area (Å²) in [5.74, 6) is 1.23. The van der Waals surface area contributed by atoms with Crippen LogP contribution in [-0.4, -0.2) is 55.1 Å². The van der Waals surface area contributed by atoms with Gasteiger partial charge >= 0.3 is 0 Å². The van der Waals surface area contributed by atoms with Gasteiger partial charge in [0.25, 0.3) is 0 Å². The molecule has 0 spiro atoms. The van der Waals surface area contributed by atoms with E-state index in [0.29, 0.717) is 6.54 Å². The molecule has 1 aromatic carbocycles. The first kappa shape index (κ1) is 15.0. The van der Waals surface area contributed by atoms with Crippen LogP contribution in [0.25, 0.3) is 0 Å². The number of hydrogen-bond donors (Lipinski definition) is 0. The first-order chi connectivity index (χ1) is 11.8. The van der Waals surface area contributed by atoms with Crippen LogP contribution < -0.4 is 9.80 Å². The molecule has 1 aromatic heterocycles. The third-order valence-electron chi connectivity index (χ3n) is 4.92. The molecule has 0 radical (unpaired) electrons. The normalized spacial score (nSPS) is 17.1. The number of pyridine rings is 1. The maximum atomic E-state index is 12.7.